The molecule has 1 saturated heterocycles. The first kappa shape index (κ1) is 16.0. The molecule has 0 aromatic rings. The smallest absolute Gasteiger partial charge is 0.311 e. The average molecular weight is 269 g/mol. The van der Waals surface area contributed by atoms with Crippen LogP contribution in [0.15, 0.2) is 0 Å². The molecule has 1 rings (SSSR count). The van der Waals surface area contributed by atoms with Gasteiger partial charge in [0.1, 0.15) is 0 Å². The van der Waals surface area contributed by atoms with E-state index >= 15 is 0 Å². The SMILES string of the molecule is CC(C)CN(C)C(=O)C(=O)N(C)CC1CCNCC1. The quantitative estimate of drug-likeness (QED) is 0.759. The van der Waals surface area contributed by atoms with Crippen LogP contribution in [0.25, 0.3) is 0 Å². The molecule has 0 bridgehead atoms. The molecule has 0 spiro atoms. The monoisotopic (exact) mass is 269 g/mol. The molecule has 0 atom stereocenters. The Kier molecular flexibility index (Phi) is 6.28. The second kappa shape index (κ2) is 7.48. The second-order valence-electron chi connectivity index (χ2n) is 5.96. The Morgan fingerprint density at radius 3 is 2.16 bits per heavy atom. The van der Waals surface area contributed by atoms with E-state index < -0.39 is 5.91 Å². The van der Waals surface area contributed by atoms with Gasteiger partial charge in [0.05, 0.1) is 0 Å². The molecule has 1 aliphatic rings. The van der Waals surface area contributed by atoms with Crippen molar-refractivity contribution in [3.05, 3.63) is 0 Å². The zero-order valence-electron chi connectivity index (χ0n) is 12.6. The largest absolute Gasteiger partial charge is 0.337 e. The van der Waals surface area contributed by atoms with Gasteiger partial charge in [-0.05, 0) is 37.8 Å². The molecule has 0 radical (unpaired) electrons. The highest BCUT2D eigenvalue weighted by Gasteiger charge is 2.25. The van der Waals surface area contributed by atoms with Crippen molar-refractivity contribution in [1.82, 2.24) is 15.1 Å². The van der Waals surface area contributed by atoms with Crippen LogP contribution in [0.5, 0.6) is 0 Å². The lowest BCUT2D eigenvalue weighted by Gasteiger charge is -2.28. The Morgan fingerprint density at radius 2 is 1.63 bits per heavy atom. The van der Waals surface area contributed by atoms with Gasteiger partial charge in [0.2, 0.25) is 0 Å². The summed E-state index contributed by atoms with van der Waals surface area (Å²) in [6, 6.07) is 0. The summed E-state index contributed by atoms with van der Waals surface area (Å²) in [5.41, 5.74) is 0. The normalized spacial score (nSPS) is 16.5. The van der Waals surface area contributed by atoms with Crippen molar-refractivity contribution in [2.24, 2.45) is 11.8 Å². The van der Waals surface area contributed by atoms with Crippen molar-refractivity contribution >= 4 is 11.8 Å². The van der Waals surface area contributed by atoms with Crippen LogP contribution in [0, 0.1) is 11.8 Å². The standard InChI is InChI=1S/C14H27N3O2/c1-11(2)9-16(3)13(18)14(19)17(4)10-12-5-7-15-8-6-12/h11-12,15H,5-10H2,1-4H3. The summed E-state index contributed by atoms with van der Waals surface area (Å²) in [6.45, 7) is 7.38. The molecule has 0 saturated carbocycles. The average Bonchev–Trinajstić information content (AvgIpc) is 2.37. The van der Waals surface area contributed by atoms with Gasteiger partial charge >= 0.3 is 11.8 Å². The minimum absolute atomic E-state index is 0.372. The van der Waals surface area contributed by atoms with E-state index in [1.807, 2.05) is 13.8 Å². The summed E-state index contributed by atoms with van der Waals surface area (Å²) >= 11 is 0. The molecule has 1 fully saturated rings. The zero-order valence-corrected chi connectivity index (χ0v) is 12.6. The fraction of sp³-hybridized carbons (Fsp3) is 0.857. The summed E-state index contributed by atoms with van der Waals surface area (Å²) in [7, 11) is 3.42. The van der Waals surface area contributed by atoms with E-state index in [1.54, 1.807) is 19.0 Å². The third-order valence-electron chi connectivity index (χ3n) is 3.51. The van der Waals surface area contributed by atoms with Crippen molar-refractivity contribution in [1.29, 1.82) is 0 Å². The Labute approximate surface area is 116 Å². The van der Waals surface area contributed by atoms with Crippen LogP contribution in [0.3, 0.4) is 0 Å². The molecule has 1 N–H and O–H groups in total. The maximum Gasteiger partial charge on any atom is 0.311 e. The number of nitrogens with zero attached hydrogens (tertiary/aromatic N) is 2. The van der Waals surface area contributed by atoms with Gasteiger partial charge in [0, 0.05) is 27.2 Å². The molecule has 1 aliphatic heterocycles. The Morgan fingerprint density at radius 1 is 1.11 bits per heavy atom. The number of piperidine rings is 1. The zero-order chi connectivity index (χ0) is 14.4. The van der Waals surface area contributed by atoms with Crippen LogP contribution in [0.1, 0.15) is 26.7 Å². The first-order valence-corrected chi connectivity index (χ1v) is 7.13. The summed E-state index contributed by atoms with van der Waals surface area (Å²) < 4.78 is 0. The third kappa shape index (κ3) is 5.19. The summed E-state index contributed by atoms with van der Waals surface area (Å²) in [5, 5.41) is 3.30. The molecule has 5 nitrogen and oxygen atoms in total. The van der Waals surface area contributed by atoms with Crippen molar-refractivity contribution in [3.63, 3.8) is 0 Å². The molecule has 0 unspecified atom stereocenters. The highest BCUT2D eigenvalue weighted by molar-refractivity contribution is 6.34. The van der Waals surface area contributed by atoms with Crippen molar-refractivity contribution in [2.75, 3.05) is 40.3 Å². The molecule has 2 amide bonds. The van der Waals surface area contributed by atoms with Gasteiger partial charge in [0.15, 0.2) is 0 Å². The van der Waals surface area contributed by atoms with Crippen LogP contribution < -0.4 is 5.32 Å². The molecule has 1 heterocycles. The van der Waals surface area contributed by atoms with Crippen molar-refractivity contribution in [2.45, 2.75) is 26.7 Å². The highest BCUT2D eigenvalue weighted by Crippen LogP contribution is 2.13. The number of carbonyl (C=O) groups excluding carboxylic acids is 2. The molecule has 0 aromatic heterocycles. The summed E-state index contributed by atoms with van der Waals surface area (Å²) in [5.74, 6) is 0.0988. The van der Waals surface area contributed by atoms with Crippen LogP contribution in [-0.2, 0) is 9.59 Å². The van der Waals surface area contributed by atoms with Crippen LogP contribution >= 0.6 is 0 Å². The topological polar surface area (TPSA) is 52.7 Å². The predicted molar refractivity (Wildman–Crippen MR) is 75.7 cm³/mol. The first-order valence-electron chi connectivity index (χ1n) is 7.13. The Balaban J connectivity index is 2.44. The van der Waals surface area contributed by atoms with Crippen molar-refractivity contribution < 1.29 is 9.59 Å². The predicted octanol–water partition coefficient (Wildman–Crippen LogP) is 0.559. The lowest BCUT2D eigenvalue weighted by Crippen LogP contribution is -2.45. The van der Waals surface area contributed by atoms with E-state index in [2.05, 4.69) is 5.32 Å². The first-order chi connectivity index (χ1) is 8.91. The second-order valence-corrected chi connectivity index (χ2v) is 5.96. The van der Waals surface area contributed by atoms with Gasteiger partial charge in [-0.3, -0.25) is 9.59 Å². The number of carbonyl (C=O) groups is 2. The van der Waals surface area contributed by atoms with Crippen LogP contribution in [0.4, 0.5) is 0 Å². The summed E-state index contributed by atoms with van der Waals surface area (Å²) in [4.78, 5) is 27.1. The fourth-order valence-electron chi connectivity index (χ4n) is 2.49. The lowest BCUT2D eigenvalue weighted by molar-refractivity contribution is -0.150. The minimum Gasteiger partial charge on any atom is -0.337 e. The van der Waals surface area contributed by atoms with E-state index in [4.69, 9.17) is 0 Å². The molecular formula is C14H27N3O2. The highest BCUT2D eigenvalue weighted by atomic mass is 16.2. The number of rotatable bonds is 4. The number of amides is 2. The molecule has 110 valence electrons. The molecular weight excluding hydrogens is 242 g/mol. The van der Waals surface area contributed by atoms with E-state index in [0.717, 1.165) is 25.9 Å². The van der Waals surface area contributed by atoms with E-state index in [0.29, 0.717) is 24.9 Å². The number of nitrogens with one attached hydrogen (secondary N) is 1. The van der Waals surface area contributed by atoms with Gasteiger partial charge in [-0.15, -0.1) is 0 Å². The number of hydrogen-bond acceptors (Lipinski definition) is 3. The van der Waals surface area contributed by atoms with E-state index in [9.17, 15) is 9.59 Å². The van der Waals surface area contributed by atoms with E-state index in [-0.39, 0.29) is 5.91 Å². The maximum atomic E-state index is 12.1. The minimum atomic E-state index is -0.398. The maximum absolute atomic E-state index is 12.1. The number of likely N-dealkylation sites (N-methyl/N-ethyl adjacent to an activating group) is 2. The lowest BCUT2D eigenvalue weighted by atomic mass is 9.98. The van der Waals surface area contributed by atoms with Gasteiger partial charge in [-0.1, -0.05) is 13.8 Å². The van der Waals surface area contributed by atoms with Crippen molar-refractivity contribution in [3.8, 4) is 0 Å². The molecule has 0 aromatic carbocycles. The molecule has 5 heteroatoms. The molecule has 0 aliphatic carbocycles. The van der Waals surface area contributed by atoms with Gasteiger partial charge in [0.25, 0.3) is 0 Å². The van der Waals surface area contributed by atoms with Gasteiger partial charge in [-0.2, -0.15) is 0 Å². The van der Waals surface area contributed by atoms with Gasteiger partial charge in [-0.25, -0.2) is 0 Å². The van der Waals surface area contributed by atoms with Gasteiger partial charge < -0.3 is 15.1 Å². The number of hydrogen-bond donors (Lipinski definition) is 1. The van der Waals surface area contributed by atoms with Crippen LogP contribution in [-0.4, -0.2) is 61.9 Å². The van der Waals surface area contributed by atoms with Crippen LogP contribution in [0.2, 0.25) is 0 Å². The summed E-state index contributed by atoms with van der Waals surface area (Å²) in [6.07, 6.45) is 2.15. The Bertz CT molecular complexity index is 312. The Hall–Kier alpha value is -1.10. The fourth-order valence-corrected chi connectivity index (χ4v) is 2.49. The van der Waals surface area contributed by atoms with E-state index in [1.165, 1.54) is 4.90 Å². The molecule has 19 heavy (non-hydrogen) atoms. The third-order valence-corrected chi connectivity index (χ3v) is 3.51.